The lowest BCUT2D eigenvalue weighted by molar-refractivity contribution is -0.127. The van der Waals surface area contributed by atoms with E-state index in [1.54, 1.807) is 18.2 Å². The number of hydrogen-bond donors (Lipinski definition) is 2. The molecule has 0 bridgehead atoms. The molecule has 0 saturated heterocycles. The van der Waals surface area contributed by atoms with Crippen LogP contribution in [0.1, 0.15) is 25.2 Å². The SMILES string of the molecule is O=C(NCCc1nc2ccc(O)cc2o1)C1CCC1. The first-order valence-electron chi connectivity index (χ1n) is 6.58. The highest BCUT2D eigenvalue weighted by Gasteiger charge is 2.24. The number of phenolic OH excluding ortho intramolecular Hbond substituents is 1. The maximum atomic E-state index is 11.6. The van der Waals surface area contributed by atoms with Crippen LogP contribution in [0.25, 0.3) is 11.1 Å². The summed E-state index contributed by atoms with van der Waals surface area (Å²) in [6, 6.07) is 4.83. The van der Waals surface area contributed by atoms with Crippen LogP contribution < -0.4 is 5.32 Å². The molecule has 0 aliphatic heterocycles. The van der Waals surface area contributed by atoms with Gasteiger partial charge >= 0.3 is 0 Å². The van der Waals surface area contributed by atoms with Gasteiger partial charge in [0.1, 0.15) is 11.3 Å². The van der Waals surface area contributed by atoms with Crippen molar-refractivity contribution >= 4 is 17.0 Å². The number of aromatic nitrogens is 1. The second-order valence-electron chi connectivity index (χ2n) is 4.93. The number of oxazole rings is 1. The Morgan fingerprint density at radius 3 is 3.05 bits per heavy atom. The highest BCUT2D eigenvalue weighted by atomic mass is 16.3. The molecule has 0 atom stereocenters. The van der Waals surface area contributed by atoms with Crippen molar-refractivity contribution in [1.29, 1.82) is 0 Å². The summed E-state index contributed by atoms with van der Waals surface area (Å²) < 4.78 is 5.51. The Hall–Kier alpha value is -2.04. The molecule has 1 heterocycles. The van der Waals surface area contributed by atoms with E-state index in [1.807, 2.05) is 0 Å². The van der Waals surface area contributed by atoms with E-state index in [2.05, 4.69) is 10.3 Å². The molecule has 1 fully saturated rings. The zero-order valence-electron chi connectivity index (χ0n) is 10.6. The molecule has 1 saturated carbocycles. The van der Waals surface area contributed by atoms with Gasteiger partial charge in [-0.2, -0.15) is 0 Å². The summed E-state index contributed by atoms with van der Waals surface area (Å²) in [4.78, 5) is 15.9. The number of fused-ring (bicyclic) bond motifs is 1. The molecule has 3 rings (SSSR count). The normalized spacial score (nSPS) is 15.4. The molecule has 0 unspecified atom stereocenters. The van der Waals surface area contributed by atoms with Crippen LogP contribution >= 0.6 is 0 Å². The van der Waals surface area contributed by atoms with E-state index in [-0.39, 0.29) is 17.6 Å². The van der Waals surface area contributed by atoms with Gasteiger partial charge in [0.2, 0.25) is 5.91 Å². The van der Waals surface area contributed by atoms with Crippen molar-refractivity contribution in [3.63, 3.8) is 0 Å². The number of rotatable bonds is 4. The number of nitrogens with one attached hydrogen (secondary N) is 1. The van der Waals surface area contributed by atoms with Gasteiger partial charge in [-0.3, -0.25) is 4.79 Å². The van der Waals surface area contributed by atoms with E-state index >= 15 is 0 Å². The van der Waals surface area contributed by atoms with E-state index in [9.17, 15) is 9.90 Å². The van der Waals surface area contributed by atoms with Gasteiger partial charge in [0.05, 0.1) is 0 Å². The highest BCUT2D eigenvalue weighted by Crippen LogP contribution is 2.26. The smallest absolute Gasteiger partial charge is 0.223 e. The predicted octanol–water partition coefficient (Wildman–Crippen LogP) is 1.99. The van der Waals surface area contributed by atoms with Crippen LogP contribution in [-0.4, -0.2) is 22.5 Å². The third-order valence-corrected chi connectivity index (χ3v) is 3.53. The van der Waals surface area contributed by atoms with Gasteiger partial charge in [0.25, 0.3) is 0 Å². The minimum atomic E-state index is 0.139. The average Bonchev–Trinajstić information content (AvgIpc) is 2.68. The van der Waals surface area contributed by atoms with E-state index in [4.69, 9.17) is 4.42 Å². The monoisotopic (exact) mass is 260 g/mol. The van der Waals surface area contributed by atoms with E-state index in [0.717, 1.165) is 24.8 Å². The molecule has 1 aromatic heterocycles. The van der Waals surface area contributed by atoms with Crippen molar-refractivity contribution in [1.82, 2.24) is 10.3 Å². The first-order valence-corrected chi connectivity index (χ1v) is 6.58. The Bertz CT molecular complexity index is 602. The molecule has 1 aliphatic carbocycles. The number of hydrogen-bond acceptors (Lipinski definition) is 4. The Morgan fingerprint density at radius 2 is 2.32 bits per heavy atom. The zero-order valence-corrected chi connectivity index (χ0v) is 10.6. The molecule has 5 heteroatoms. The molecule has 19 heavy (non-hydrogen) atoms. The topological polar surface area (TPSA) is 75.4 Å². The molecule has 1 amide bonds. The van der Waals surface area contributed by atoms with Crippen LogP contribution in [0.2, 0.25) is 0 Å². The summed E-state index contributed by atoms with van der Waals surface area (Å²) >= 11 is 0. The van der Waals surface area contributed by atoms with Gasteiger partial charge in [-0.05, 0) is 25.0 Å². The van der Waals surface area contributed by atoms with Crippen LogP contribution in [-0.2, 0) is 11.2 Å². The molecule has 1 aliphatic rings. The molecular formula is C14H16N2O3. The molecule has 5 nitrogen and oxygen atoms in total. The Labute approximate surface area is 110 Å². The number of benzene rings is 1. The van der Waals surface area contributed by atoms with Crippen LogP contribution in [0.5, 0.6) is 5.75 Å². The van der Waals surface area contributed by atoms with Gasteiger partial charge in [-0.15, -0.1) is 0 Å². The third kappa shape index (κ3) is 2.54. The Balaban J connectivity index is 1.57. The number of nitrogens with zero attached hydrogens (tertiary/aromatic N) is 1. The maximum absolute atomic E-state index is 11.6. The fourth-order valence-electron chi connectivity index (χ4n) is 2.18. The number of carbonyl (C=O) groups excluding carboxylic acids is 1. The zero-order chi connectivity index (χ0) is 13.2. The van der Waals surface area contributed by atoms with Gasteiger partial charge in [-0.1, -0.05) is 6.42 Å². The standard InChI is InChI=1S/C14H16N2O3/c17-10-4-5-11-12(8-10)19-13(16-11)6-7-15-14(18)9-2-1-3-9/h4-5,8-9,17H,1-3,6-7H2,(H,15,18). The molecule has 0 radical (unpaired) electrons. The quantitative estimate of drug-likeness (QED) is 0.881. The molecule has 100 valence electrons. The molecule has 1 aromatic carbocycles. The predicted molar refractivity (Wildman–Crippen MR) is 69.7 cm³/mol. The number of phenols is 1. The Kier molecular flexibility index (Phi) is 3.11. The number of aromatic hydroxyl groups is 1. The lowest BCUT2D eigenvalue weighted by Gasteiger charge is -2.23. The van der Waals surface area contributed by atoms with Crippen molar-refractivity contribution < 1.29 is 14.3 Å². The lowest BCUT2D eigenvalue weighted by atomic mass is 9.85. The fraction of sp³-hybridized carbons (Fsp3) is 0.429. The summed E-state index contributed by atoms with van der Waals surface area (Å²) in [5.74, 6) is 1.09. The summed E-state index contributed by atoms with van der Waals surface area (Å²) in [7, 11) is 0. The van der Waals surface area contributed by atoms with Crippen LogP contribution in [0, 0.1) is 5.92 Å². The first-order chi connectivity index (χ1) is 9.22. The fourth-order valence-corrected chi connectivity index (χ4v) is 2.18. The second-order valence-corrected chi connectivity index (χ2v) is 4.93. The average molecular weight is 260 g/mol. The first kappa shape index (κ1) is 12.0. The van der Waals surface area contributed by atoms with Crippen LogP contribution in [0.15, 0.2) is 22.6 Å². The highest BCUT2D eigenvalue weighted by molar-refractivity contribution is 5.79. The Morgan fingerprint density at radius 1 is 1.47 bits per heavy atom. The second kappa shape index (κ2) is 4.91. The minimum Gasteiger partial charge on any atom is -0.508 e. The van der Waals surface area contributed by atoms with Gasteiger partial charge in [0.15, 0.2) is 11.5 Å². The summed E-state index contributed by atoms with van der Waals surface area (Å²) in [5.41, 5.74) is 1.29. The maximum Gasteiger partial charge on any atom is 0.223 e. The van der Waals surface area contributed by atoms with Crippen LogP contribution in [0.4, 0.5) is 0 Å². The van der Waals surface area contributed by atoms with E-state index in [0.29, 0.717) is 24.4 Å². The summed E-state index contributed by atoms with van der Waals surface area (Å²) in [5, 5.41) is 12.2. The van der Waals surface area contributed by atoms with Crippen molar-refractivity contribution in [2.24, 2.45) is 5.92 Å². The van der Waals surface area contributed by atoms with Crippen molar-refractivity contribution in [2.75, 3.05) is 6.54 Å². The van der Waals surface area contributed by atoms with Crippen molar-refractivity contribution in [2.45, 2.75) is 25.7 Å². The molecule has 0 spiro atoms. The van der Waals surface area contributed by atoms with Gasteiger partial charge in [0, 0.05) is 24.9 Å². The van der Waals surface area contributed by atoms with Crippen LogP contribution in [0.3, 0.4) is 0 Å². The number of carbonyl (C=O) groups is 1. The van der Waals surface area contributed by atoms with Gasteiger partial charge < -0.3 is 14.8 Å². The molecular weight excluding hydrogens is 244 g/mol. The summed E-state index contributed by atoms with van der Waals surface area (Å²) in [6.45, 7) is 0.536. The van der Waals surface area contributed by atoms with E-state index in [1.165, 1.54) is 0 Å². The van der Waals surface area contributed by atoms with Crippen molar-refractivity contribution in [3.05, 3.63) is 24.1 Å². The minimum absolute atomic E-state index is 0.139. The summed E-state index contributed by atoms with van der Waals surface area (Å²) in [6.07, 6.45) is 3.74. The van der Waals surface area contributed by atoms with E-state index < -0.39 is 0 Å². The van der Waals surface area contributed by atoms with Gasteiger partial charge in [-0.25, -0.2) is 4.98 Å². The molecule has 2 aromatic rings. The largest absolute Gasteiger partial charge is 0.508 e. The lowest BCUT2D eigenvalue weighted by Crippen LogP contribution is -2.35. The molecule has 2 N–H and O–H groups in total. The number of amides is 1. The van der Waals surface area contributed by atoms with Crippen molar-refractivity contribution in [3.8, 4) is 5.75 Å². The third-order valence-electron chi connectivity index (χ3n) is 3.53.